The molecule has 2 aliphatic rings. The highest BCUT2D eigenvalue weighted by atomic mass is 35.5. The molecule has 25 heavy (non-hydrogen) atoms. The molecule has 3 rings (SSSR count). The van der Waals surface area contributed by atoms with Crippen molar-refractivity contribution in [2.45, 2.75) is 17.7 Å². The average molecular weight is 408 g/mol. The van der Waals surface area contributed by atoms with E-state index in [0.29, 0.717) is 31.2 Å². The van der Waals surface area contributed by atoms with Gasteiger partial charge in [-0.05, 0) is 50.2 Å². The van der Waals surface area contributed by atoms with E-state index in [1.54, 1.807) is 12.1 Å². The first kappa shape index (κ1) is 20.5. The summed E-state index contributed by atoms with van der Waals surface area (Å²) in [5.41, 5.74) is 0. The SMILES string of the molecule is Cl.O=C(C1CCNCC1)N1CCN(S(=O)(=O)c2ccc(Cl)cc2)CC1. The van der Waals surface area contributed by atoms with E-state index in [-0.39, 0.29) is 29.1 Å². The van der Waals surface area contributed by atoms with E-state index in [1.165, 1.54) is 16.4 Å². The van der Waals surface area contributed by atoms with Gasteiger partial charge in [-0.2, -0.15) is 4.31 Å². The van der Waals surface area contributed by atoms with Gasteiger partial charge in [0.25, 0.3) is 0 Å². The van der Waals surface area contributed by atoms with Crippen LogP contribution in [0.1, 0.15) is 12.8 Å². The fraction of sp³-hybridized carbons (Fsp3) is 0.562. The number of amides is 1. The van der Waals surface area contributed by atoms with Gasteiger partial charge in [-0.15, -0.1) is 12.4 Å². The van der Waals surface area contributed by atoms with E-state index in [4.69, 9.17) is 11.6 Å². The molecule has 2 saturated heterocycles. The number of nitrogens with zero attached hydrogens (tertiary/aromatic N) is 2. The third kappa shape index (κ3) is 4.65. The molecule has 0 radical (unpaired) electrons. The quantitative estimate of drug-likeness (QED) is 0.825. The van der Waals surface area contributed by atoms with E-state index >= 15 is 0 Å². The molecule has 2 heterocycles. The van der Waals surface area contributed by atoms with Crippen molar-refractivity contribution < 1.29 is 13.2 Å². The van der Waals surface area contributed by atoms with E-state index in [1.807, 2.05) is 4.90 Å². The van der Waals surface area contributed by atoms with Crippen molar-refractivity contribution in [3.63, 3.8) is 0 Å². The molecule has 0 unspecified atom stereocenters. The molecule has 0 aliphatic carbocycles. The predicted molar refractivity (Wildman–Crippen MR) is 99.6 cm³/mol. The van der Waals surface area contributed by atoms with Crippen LogP contribution in [0.5, 0.6) is 0 Å². The topological polar surface area (TPSA) is 69.7 Å². The van der Waals surface area contributed by atoms with Gasteiger partial charge >= 0.3 is 0 Å². The minimum atomic E-state index is -3.53. The predicted octanol–water partition coefficient (Wildman–Crippen LogP) is 1.59. The van der Waals surface area contributed by atoms with Crippen molar-refractivity contribution in [3.8, 4) is 0 Å². The van der Waals surface area contributed by atoms with Crippen LogP contribution in [0.4, 0.5) is 0 Å². The maximum absolute atomic E-state index is 12.6. The Morgan fingerprint density at radius 2 is 1.60 bits per heavy atom. The van der Waals surface area contributed by atoms with Gasteiger partial charge in [-0.3, -0.25) is 4.79 Å². The number of carbonyl (C=O) groups is 1. The third-order valence-corrected chi connectivity index (χ3v) is 6.85. The Labute approximate surface area is 160 Å². The van der Waals surface area contributed by atoms with Gasteiger partial charge in [0.2, 0.25) is 15.9 Å². The summed E-state index contributed by atoms with van der Waals surface area (Å²) >= 11 is 5.82. The number of benzene rings is 1. The molecule has 6 nitrogen and oxygen atoms in total. The number of carbonyl (C=O) groups excluding carboxylic acids is 1. The van der Waals surface area contributed by atoms with Gasteiger partial charge in [0.15, 0.2) is 0 Å². The number of hydrogen-bond donors (Lipinski definition) is 1. The zero-order valence-electron chi connectivity index (χ0n) is 13.9. The van der Waals surface area contributed by atoms with Crippen LogP contribution in [-0.4, -0.2) is 62.8 Å². The maximum Gasteiger partial charge on any atom is 0.243 e. The monoisotopic (exact) mass is 407 g/mol. The second-order valence-corrected chi connectivity index (χ2v) is 8.58. The van der Waals surface area contributed by atoms with Gasteiger partial charge in [0, 0.05) is 37.1 Å². The van der Waals surface area contributed by atoms with Crippen molar-refractivity contribution in [1.82, 2.24) is 14.5 Å². The minimum absolute atomic E-state index is 0. The molecule has 1 N–H and O–H groups in total. The van der Waals surface area contributed by atoms with Crippen LogP contribution in [0.25, 0.3) is 0 Å². The average Bonchev–Trinajstić information content (AvgIpc) is 2.62. The molecule has 1 aromatic carbocycles. The van der Waals surface area contributed by atoms with E-state index in [2.05, 4.69) is 5.32 Å². The Hall–Kier alpha value is -0.860. The van der Waals surface area contributed by atoms with Crippen molar-refractivity contribution in [2.24, 2.45) is 5.92 Å². The fourth-order valence-corrected chi connectivity index (χ4v) is 4.78. The van der Waals surface area contributed by atoms with E-state index < -0.39 is 10.0 Å². The lowest BCUT2D eigenvalue weighted by molar-refractivity contribution is -0.137. The number of rotatable bonds is 3. The smallest absolute Gasteiger partial charge is 0.243 e. The van der Waals surface area contributed by atoms with E-state index in [0.717, 1.165) is 25.9 Å². The molecule has 1 aromatic rings. The second kappa shape index (κ2) is 8.68. The number of sulfonamides is 1. The molecule has 2 fully saturated rings. The fourth-order valence-electron chi connectivity index (χ4n) is 3.23. The summed E-state index contributed by atoms with van der Waals surface area (Å²) in [5.74, 6) is 0.241. The number of piperazine rings is 1. The van der Waals surface area contributed by atoms with Crippen LogP contribution in [0, 0.1) is 5.92 Å². The lowest BCUT2D eigenvalue weighted by Gasteiger charge is -2.36. The van der Waals surface area contributed by atoms with Crippen LogP contribution in [0.15, 0.2) is 29.2 Å². The Balaban J connectivity index is 0.00000225. The second-order valence-electron chi connectivity index (χ2n) is 6.21. The van der Waals surface area contributed by atoms with Crippen LogP contribution in [0.3, 0.4) is 0 Å². The highest BCUT2D eigenvalue weighted by Gasteiger charge is 2.32. The molecular weight excluding hydrogens is 385 g/mol. The lowest BCUT2D eigenvalue weighted by Crippen LogP contribution is -2.52. The molecule has 2 aliphatic heterocycles. The minimum Gasteiger partial charge on any atom is -0.340 e. The molecule has 140 valence electrons. The first-order valence-corrected chi connectivity index (χ1v) is 10.1. The number of halogens is 2. The summed E-state index contributed by atoms with van der Waals surface area (Å²) in [4.78, 5) is 14.6. The number of piperidine rings is 1. The molecule has 0 aromatic heterocycles. The standard InChI is InChI=1S/C16H22ClN3O3S.ClH/c17-14-1-3-15(4-2-14)24(22,23)20-11-9-19(10-12-20)16(21)13-5-7-18-8-6-13;/h1-4,13,18H,5-12H2;1H. The molecule has 1 amide bonds. The first-order chi connectivity index (χ1) is 11.5. The first-order valence-electron chi connectivity index (χ1n) is 8.24. The highest BCUT2D eigenvalue weighted by Crippen LogP contribution is 2.21. The molecule has 0 bridgehead atoms. The van der Waals surface area contributed by atoms with Gasteiger partial charge in [0.05, 0.1) is 4.90 Å². The summed E-state index contributed by atoms with van der Waals surface area (Å²) in [6, 6.07) is 6.19. The van der Waals surface area contributed by atoms with Crippen LogP contribution in [-0.2, 0) is 14.8 Å². The zero-order valence-corrected chi connectivity index (χ0v) is 16.2. The highest BCUT2D eigenvalue weighted by molar-refractivity contribution is 7.89. The van der Waals surface area contributed by atoms with Crippen molar-refractivity contribution in [1.29, 1.82) is 0 Å². The van der Waals surface area contributed by atoms with Crippen molar-refractivity contribution >= 4 is 39.9 Å². The Morgan fingerprint density at radius 1 is 1.04 bits per heavy atom. The summed E-state index contributed by atoms with van der Waals surface area (Å²) in [7, 11) is -3.53. The Morgan fingerprint density at radius 3 is 2.16 bits per heavy atom. The maximum atomic E-state index is 12.6. The van der Waals surface area contributed by atoms with Crippen molar-refractivity contribution in [3.05, 3.63) is 29.3 Å². The third-order valence-electron chi connectivity index (χ3n) is 4.69. The number of nitrogens with one attached hydrogen (secondary N) is 1. The number of hydrogen-bond acceptors (Lipinski definition) is 4. The molecule has 0 spiro atoms. The van der Waals surface area contributed by atoms with E-state index in [9.17, 15) is 13.2 Å². The Kier molecular flexibility index (Phi) is 7.10. The summed E-state index contributed by atoms with van der Waals surface area (Å²) in [6.07, 6.45) is 1.73. The van der Waals surface area contributed by atoms with Crippen molar-refractivity contribution in [2.75, 3.05) is 39.3 Å². The zero-order chi connectivity index (χ0) is 17.2. The molecule has 0 atom stereocenters. The normalized spacial score (nSPS) is 20.1. The van der Waals surface area contributed by atoms with Gasteiger partial charge < -0.3 is 10.2 Å². The largest absolute Gasteiger partial charge is 0.340 e. The van der Waals surface area contributed by atoms with Gasteiger partial charge in [-0.1, -0.05) is 11.6 Å². The summed E-state index contributed by atoms with van der Waals surface area (Å²) in [5, 5.41) is 3.76. The molecule has 0 saturated carbocycles. The Bertz CT molecular complexity index is 683. The lowest BCUT2D eigenvalue weighted by atomic mass is 9.96. The van der Waals surface area contributed by atoms with Crippen LogP contribution >= 0.6 is 24.0 Å². The van der Waals surface area contributed by atoms with Gasteiger partial charge in [0.1, 0.15) is 0 Å². The summed E-state index contributed by atoms with van der Waals surface area (Å²) in [6.45, 7) is 3.33. The van der Waals surface area contributed by atoms with Gasteiger partial charge in [-0.25, -0.2) is 8.42 Å². The van der Waals surface area contributed by atoms with Crippen LogP contribution in [0.2, 0.25) is 5.02 Å². The van der Waals surface area contributed by atoms with Crippen LogP contribution < -0.4 is 5.32 Å². The molecule has 9 heteroatoms. The molecular formula is C16H23Cl2N3O3S. The summed E-state index contributed by atoms with van der Waals surface area (Å²) < 4.78 is 26.7.